The van der Waals surface area contributed by atoms with Crippen LogP contribution in [0.2, 0.25) is 0 Å². The van der Waals surface area contributed by atoms with Gasteiger partial charge in [-0.3, -0.25) is 0 Å². The van der Waals surface area contributed by atoms with Crippen LogP contribution in [-0.4, -0.2) is 30.2 Å². The standard InChI is InChI=1S/C14H19N3O/c1-14(6-3-7-15-9-14)13-16-11-5-4-10(18-2)8-12(11)17-13/h4-5,8,15H,3,6-7,9H2,1-2H3,(H,16,17). The molecule has 1 aromatic carbocycles. The molecular weight excluding hydrogens is 226 g/mol. The Balaban J connectivity index is 2.02. The minimum atomic E-state index is 0.116. The summed E-state index contributed by atoms with van der Waals surface area (Å²) in [7, 11) is 1.69. The molecule has 2 heterocycles. The summed E-state index contributed by atoms with van der Waals surface area (Å²) >= 11 is 0. The Labute approximate surface area is 107 Å². The fraction of sp³-hybridized carbons (Fsp3) is 0.500. The van der Waals surface area contributed by atoms with E-state index in [1.165, 1.54) is 12.8 Å². The van der Waals surface area contributed by atoms with E-state index in [1.807, 2.05) is 18.2 Å². The maximum absolute atomic E-state index is 5.24. The first-order chi connectivity index (χ1) is 8.71. The maximum Gasteiger partial charge on any atom is 0.121 e. The molecule has 3 rings (SSSR count). The van der Waals surface area contributed by atoms with Gasteiger partial charge in [-0.1, -0.05) is 6.92 Å². The van der Waals surface area contributed by atoms with E-state index >= 15 is 0 Å². The SMILES string of the molecule is COc1ccc2nc(C3(C)CCCNC3)[nH]c2c1. The number of ether oxygens (including phenoxy) is 1. The van der Waals surface area contributed by atoms with Crippen molar-refractivity contribution in [3.8, 4) is 5.75 Å². The number of H-pyrrole nitrogens is 1. The van der Waals surface area contributed by atoms with Crippen molar-refractivity contribution in [1.82, 2.24) is 15.3 Å². The second kappa shape index (κ2) is 4.28. The third kappa shape index (κ3) is 1.86. The zero-order chi connectivity index (χ0) is 12.6. The van der Waals surface area contributed by atoms with Crippen molar-refractivity contribution in [3.63, 3.8) is 0 Å². The van der Waals surface area contributed by atoms with Crippen molar-refractivity contribution in [3.05, 3.63) is 24.0 Å². The lowest BCUT2D eigenvalue weighted by Gasteiger charge is -2.32. The summed E-state index contributed by atoms with van der Waals surface area (Å²) in [5.74, 6) is 1.95. The molecule has 2 N–H and O–H groups in total. The molecule has 0 spiro atoms. The highest BCUT2D eigenvalue weighted by atomic mass is 16.5. The van der Waals surface area contributed by atoms with Gasteiger partial charge in [-0.15, -0.1) is 0 Å². The highest BCUT2D eigenvalue weighted by Gasteiger charge is 2.31. The first-order valence-corrected chi connectivity index (χ1v) is 6.46. The second-order valence-electron chi connectivity index (χ2n) is 5.31. The van der Waals surface area contributed by atoms with Crippen molar-refractivity contribution in [2.75, 3.05) is 20.2 Å². The van der Waals surface area contributed by atoms with E-state index in [0.29, 0.717) is 0 Å². The van der Waals surface area contributed by atoms with E-state index < -0.39 is 0 Å². The lowest BCUT2D eigenvalue weighted by Crippen LogP contribution is -2.41. The lowest BCUT2D eigenvalue weighted by atomic mass is 9.82. The highest BCUT2D eigenvalue weighted by molar-refractivity contribution is 5.77. The molecule has 1 unspecified atom stereocenters. The molecule has 1 aliphatic heterocycles. The van der Waals surface area contributed by atoms with E-state index in [9.17, 15) is 0 Å². The predicted octanol–water partition coefficient (Wildman–Crippen LogP) is 2.21. The van der Waals surface area contributed by atoms with Crippen LogP contribution in [0.15, 0.2) is 18.2 Å². The van der Waals surface area contributed by atoms with Gasteiger partial charge in [0.1, 0.15) is 11.6 Å². The summed E-state index contributed by atoms with van der Waals surface area (Å²) in [6.45, 7) is 4.38. The van der Waals surface area contributed by atoms with Gasteiger partial charge in [-0.25, -0.2) is 4.98 Å². The Morgan fingerprint density at radius 1 is 1.39 bits per heavy atom. The van der Waals surface area contributed by atoms with Gasteiger partial charge >= 0.3 is 0 Å². The van der Waals surface area contributed by atoms with Gasteiger partial charge in [0.25, 0.3) is 0 Å². The largest absolute Gasteiger partial charge is 0.497 e. The topological polar surface area (TPSA) is 49.9 Å². The fourth-order valence-corrected chi connectivity index (χ4v) is 2.66. The number of piperidine rings is 1. The summed E-state index contributed by atoms with van der Waals surface area (Å²) in [5, 5.41) is 3.46. The summed E-state index contributed by atoms with van der Waals surface area (Å²) in [4.78, 5) is 8.18. The van der Waals surface area contributed by atoms with Gasteiger partial charge in [0, 0.05) is 18.0 Å². The van der Waals surface area contributed by atoms with Gasteiger partial charge in [0.05, 0.1) is 18.1 Å². The Bertz CT molecular complexity index is 555. The third-order valence-electron chi connectivity index (χ3n) is 3.86. The number of nitrogens with one attached hydrogen (secondary N) is 2. The van der Waals surface area contributed by atoms with Crippen LogP contribution in [0.3, 0.4) is 0 Å². The maximum atomic E-state index is 5.24. The van der Waals surface area contributed by atoms with E-state index in [1.54, 1.807) is 7.11 Å². The molecule has 0 amide bonds. The van der Waals surface area contributed by atoms with Crippen LogP contribution in [0.5, 0.6) is 5.75 Å². The van der Waals surface area contributed by atoms with Crippen LogP contribution in [0.25, 0.3) is 11.0 Å². The van der Waals surface area contributed by atoms with Gasteiger partial charge in [0.2, 0.25) is 0 Å². The smallest absolute Gasteiger partial charge is 0.121 e. The quantitative estimate of drug-likeness (QED) is 0.853. The lowest BCUT2D eigenvalue weighted by molar-refractivity contribution is 0.326. The Morgan fingerprint density at radius 3 is 3.00 bits per heavy atom. The van der Waals surface area contributed by atoms with Crippen molar-refractivity contribution in [2.24, 2.45) is 0 Å². The summed E-state index contributed by atoms with van der Waals surface area (Å²) in [6.07, 6.45) is 2.38. The molecule has 4 nitrogen and oxygen atoms in total. The average Bonchev–Trinajstić information content (AvgIpc) is 2.83. The number of hydrogen-bond donors (Lipinski definition) is 2. The average molecular weight is 245 g/mol. The molecule has 2 aromatic rings. The van der Waals surface area contributed by atoms with Gasteiger partial charge < -0.3 is 15.0 Å². The molecule has 1 aromatic heterocycles. The minimum absolute atomic E-state index is 0.116. The molecule has 1 saturated heterocycles. The Hall–Kier alpha value is -1.55. The molecule has 1 aliphatic rings. The number of methoxy groups -OCH3 is 1. The molecule has 1 atom stereocenters. The normalized spacial score (nSPS) is 24.3. The van der Waals surface area contributed by atoms with Crippen LogP contribution in [0, 0.1) is 0 Å². The molecule has 0 aliphatic carbocycles. The molecule has 0 bridgehead atoms. The van der Waals surface area contributed by atoms with Crippen LogP contribution < -0.4 is 10.1 Å². The molecule has 0 radical (unpaired) electrons. The van der Waals surface area contributed by atoms with Crippen molar-refractivity contribution >= 4 is 11.0 Å². The Morgan fingerprint density at radius 2 is 2.28 bits per heavy atom. The molecule has 0 saturated carbocycles. The van der Waals surface area contributed by atoms with Crippen LogP contribution in [-0.2, 0) is 5.41 Å². The molecule has 18 heavy (non-hydrogen) atoms. The third-order valence-corrected chi connectivity index (χ3v) is 3.86. The Kier molecular flexibility index (Phi) is 2.74. The number of nitrogens with zero attached hydrogens (tertiary/aromatic N) is 1. The van der Waals surface area contributed by atoms with E-state index in [0.717, 1.165) is 35.7 Å². The zero-order valence-electron chi connectivity index (χ0n) is 10.9. The number of benzene rings is 1. The van der Waals surface area contributed by atoms with Gasteiger partial charge in [-0.05, 0) is 31.5 Å². The molecule has 4 heteroatoms. The van der Waals surface area contributed by atoms with Crippen LogP contribution >= 0.6 is 0 Å². The van der Waals surface area contributed by atoms with Gasteiger partial charge in [0.15, 0.2) is 0 Å². The van der Waals surface area contributed by atoms with E-state index in [4.69, 9.17) is 9.72 Å². The molecular formula is C14H19N3O. The van der Waals surface area contributed by atoms with E-state index in [2.05, 4.69) is 17.2 Å². The predicted molar refractivity (Wildman–Crippen MR) is 72.1 cm³/mol. The minimum Gasteiger partial charge on any atom is -0.497 e. The molecule has 96 valence electrons. The van der Waals surface area contributed by atoms with Crippen LogP contribution in [0.1, 0.15) is 25.6 Å². The monoisotopic (exact) mass is 245 g/mol. The number of rotatable bonds is 2. The van der Waals surface area contributed by atoms with Crippen molar-refractivity contribution in [2.45, 2.75) is 25.2 Å². The first kappa shape index (κ1) is 11.5. The van der Waals surface area contributed by atoms with Crippen LogP contribution in [0.4, 0.5) is 0 Å². The number of imidazole rings is 1. The highest BCUT2D eigenvalue weighted by Crippen LogP contribution is 2.30. The van der Waals surface area contributed by atoms with E-state index in [-0.39, 0.29) is 5.41 Å². The summed E-state index contributed by atoms with van der Waals surface area (Å²) < 4.78 is 5.24. The number of fused-ring (bicyclic) bond motifs is 1. The van der Waals surface area contributed by atoms with Crippen molar-refractivity contribution < 1.29 is 4.74 Å². The number of aromatic amines is 1. The number of aromatic nitrogens is 2. The van der Waals surface area contributed by atoms with Crippen molar-refractivity contribution in [1.29, 1.82) is 0 Å². The fourth-order valence-electron chi connectivity index (χ4n) is 2.66. The number of hydrogen-bond acceptors (Lipinski definition) is 3. The van der Waals surface area contributed by atoms with Gasteiger partial charge in [-0.2, -0.15) is 0 Å². The second-order valence-corrected chi connectivity index (χ2v) is 5.31. The first-order valence-electron chi connectivity index (χ1n) is 6.46. The molecule has 1 fully saturated rings. The summed E-state index contributed by atoms with van der Waals surface area (Å²) in [6, 6.07) is 5.97. The summed E-state index contributed by atoms with van der Waals surface area (Å²) in [5.41, 5.74) is 2.18. The zero-order valence-corrected chi connectivity index (χ0v) is 10.9.